The van der Waals surface area contributed by atoms with Crippen LogP contribution in [0.15, 0.2) is 74.9 Å². The van der Waals surface area contributed by atoms with Crippen molar-refractivity contribution in [1.29, 1.82) is 0 Å². The Hall–Kier alpha value is -3.87. The molecule has 0 bridgehead atoms. The number of aromatic nitrogens is 2. The third kappa shape index (κ3) is 5.43. The van der Waals surface area contributed by atoms with Crippen LogP contribution in [0.3, 0.4) is 0 Å². The van der Waals surface area contributed by atoms with E-state index in [0.717, 1.165) is 28.9 Å². The number of rotatable bonds is 7. The van der Waals surface area contributed by atoms with Crippen LogP contribution < -0.4 is 10.6 Å². The Morgan fingerprint density at radius 1 is 0.781 bits per heavy atom. The molecule has 0 aliphatic heterocycles. The zero-order valence-corrected chi connectivity index (χ0v) is 18.6. The molecule has 164 valence electrons. The third-order valence-electron chi connectivity index (χ3n) is 5.03. The van der Waals surface area contributed by atoms with Gasteiger partial charge in [0.05, 0.1) is 17.9 Å². The van der Waals surface area contributed by atoms with Crippen LogP contribution in [-0.2, 0) is 13.0 Å². The van der Waals surface area contributed by atoms with Crippen LogP contribution in [0.5, 0.6) is 0 Å². The Labute approximate surface area is 187 Å². The predicted molar refractivity (Wildman–Crippen MR) is 125 cm³/mol. The molecular formula is C25H27N5O2. The van der Waals surface area contributed by atoms with Crippen molar-refractivity contribution in [2.45, 2.75) is 26.8 Å². The Bertz CT molecular complexity index is 1170. The zero-order chi connectivity index (χ0) is 22.3. The lowest BCUT2D eigenvalue weighted by molar-refractivity contribution is 0.571. The van der Waals surface area contributed by atoms with E-state index in [1.807, 2.05) is 36.4 Å². The van der Waals surface area contributed by atoms with Crippen LogP contribution in [-0.4, -0.2) is 29.5 Å². The number of benzene rings is 2. The van der Waals surface area contributed by atoms with E-state index in [0.29, 0.717) is 30.8 Å². The molecule has 4 aromatic rings. The molecule has 2 aromatic heterocycles. The summed E-state index contributed by atoms with van der Waals surface area (Å²) in [5, 5.41) is 6.54. The molecule has 2 N–H and O–H groups in total. The summed E-state index contributed by atoms with van der Waals surface area (Å²) in [5.41, 5.74) is 6.05. The van der Waals surface area contributed by atoms with Crippen molar-refractivity contribution in [3.8, 4) is 22.9 Å². The highest BCUT2D eigenvalue weighted by atomic mass is 16.3. The van der Waals surface area contributed by atoms with Crippen molar-refractivity contribution in [2.24, 2.45) is 4.99 Å². The van der Waals surface area contributed by atoms with Gasteiger partial charge < -0.3 is 19.5 Å². The van der Waals surface area contributed by atoms with Crippen LogP contribution >= 0.6 is 0 Å². The molecule has 0 fully saturated rings. The second-order valence-corrected chi connectivity index (χ2v) is 7.62. The second-order valence-electron chi connectivity index (χ2n) is 7.62. The van der Waals surface area contributed by atoms with Gasteiger partial charge in [-0.3, -0.25) is 4.99 Å². The molecule has 0 saturated carbocycles. The van der Waals surface area contributed by atoms with Crippen LogP contribution in [0.4, 0.5) is 0 Å². The second kappa shape index (κ2) is 9.96. The fourth-order valence-corrected chi connectivity index (χ4v) is 3.17. The summed E-state index contributed by atoms with van der Waals surface area (Å²) in [6.45, 7) is 5.30. The lowest BCUT2D eigenvalue weighted by atomic mass is 10.1. The topological polar surface area (TPSA) is 88.5 Å². The number of guanidine groups is 1. The molecular weight excluding hydrogens is 402 g/mol. The van der Waals surface area contributed by atoms with Crippen molar-refractivity contribution in [1.82, 2.24) is 20.6 Å². The van der Waals surface area contributed by atoms with Gasteiger partial charge in [0, 0.05) is 31.1 Å². The third-order valence-corrected chi connectivity index (χ3v) is 5.03. The van der Waals surface area contributed by atoms with E-state index >= 15 is 0 Å². The van der Waals surface area contributed by atoms with E-state index in [9.17, 15) is 0 Å². The highest BCUT2D eigenvalue weighted by Crippen LogP contribution is 2.20. The first-order valence-corrected chi connectivity index (χ1v) is 10.6. The Kier molecular flexibility index (Phi) is 6.65. The minimum atomic E-state index is 0.510. The van der Waals surface area contributed by atoms with Crippen molar-refractivity contribution in [3.05, 3.63) is 83.6 Å². The van der Waals surface area contributed by atoms with Crippen molar-refractivity contribution < 1.29 is 8.83 Å². The van der Waals surface area contributed by atoms with Gasteiger partial charge in [0.15, 0.2) is 5.96 Å². The van der Waals surface area contributed by atoms with Gasteiger partial charge in [0.2, 0.25) is 11.8 Å². The summed E-state index contributed by atoms with van der Waals surface area (Å²) in [6, 6.07) is 16.2. The van der Waals surface area contributed by atoms with Crippen LogP contribution in [0.1, 0.15) is 22.5 Å². The van der Waals surface area contributed by atoms with E-state index < -0.39 is 0 Å². The molecule has 32 heavy (non-hydrogen) atoms. The number of aliphatic imine (C=N–C) groups is 1. The number of aryl methyl sites for hydroxylation is 2. The summed E-state index contributed by atoms with van der Waals surface area (Å²) in [5.74, 6) is 1.94. The first kappa shape index (κ1) is 21.4. The fourth-order valence-electron chi connectivity index (χ4n) is 3.17. The molecule has 7 heteroatoms. The highest BCUT2D eigenvalue weighted by Gasteiger charge is 2.09. The zero-order valence-electron chi connectivity index (χ0n) is 18.6. The number of oxazole rings is 2. The van der Waals surface area contributed by atoms with Gasteiger partial charge >= 0.3 is 0 Å². The molecule has 0 amide bonds. The number of hydrogen-bond acceptors (Lipinski definition) is 5. The maximum atomic E-state index is 5.62. The van der Waals surface area contributed by atoms with Crippen molar-refractivity contribution in [3.63, 3.8) is 0 Å². The van der Waals surface area contributed by atoms with Crippen molar-refractivity contribution >= 4 is 5.96 Å². The summed E-state index contributed by atoms with van der Waals surface area (Å²) in [7, 11) is 1.74. The molecule has 0 saturated heterocycles. The standard InChI is InChI=1S/C25H27N5O2/c1-17-4-8-19(9-5-17)23-29-21(15-31-23)12-13-27-25(26-3)28-14-22-16-32-24(30-22)20-10-6-18(2)7-11-20/h4-11,15-16H,12-14H2,1-3H3,(H2,26,27,28). The molecule has 2 aromatic carbocycles. The van der Waals surface area contributed by atoms with Gasteiger partial charge in [-0.2, -0.15) is 0 Å². The molecule has 0 aliphatic carbocycles. The van der Waals surface area contributed by atoms with E-state index in [1.54, 1.807) is 19.6 Å². The molecule has 7 nitrogen and oxygen atoms in total. The molecule has 4 rings (SSSR count). The van der Waals surface area contributed by atoms with Gasteiger partial charge in [-0.15, -0.1) is 0 Å². The lowest BCUT2D eigenvalue weighted by Crippen LogP contribution is -2.37. The number of hydrogen-bond donors (Lipinski definition) is 2. The predicted octanol–water partition coefficient (Wildman–Crippen LogP) is 4.52. The first-order chi connectivity index (χ1) is 15.6. The van der Waals surface area contributed by atoms with Gasteiger partial charge in [0.1, 0.15) is 12.5 Å². The maximum absolute atomic E-state index is 5.62. The summed E-state index contributed by atoms with van der Waals surface area (Å²) in [4.78, 5) is 13.4. The van der Waals surface area contributed by atoms with E-state index in [-0.39, 0.29) is 0 Å². The molecule has 0 spiro atoms. The Morgan fingerprint density at radius 3 is 1.88 bits per heavy atom. The molecule has 2 heterocycles. The van der Waals surface area contributed by atoms with Gasteiger partial charge in [-0.05, 0) is 38.1 Å². The normalized spacial score (nSPS) is 11.5. The molecule has 0 unspecified atom stereocenters. The SMILES string of the molecule is CN=C(NCCc1coc(-c2ccc(C)cc2)n1)NCc1coc(-c2ccc(C)cc2)n1. The van der Waals surface area contributed by atoms with E-state index in [1.165, 1.54) is 11.1 Å². The summed E-state index contributed by atoms with van der Waals surface area (Å²) in [6.07, 6.45) is 4.09. The average molecular weight is 430 g/mol. The van der Waals surface area contributed by atoms with Gasteiger partial charge in [-0.1, -0.05) is 35.4 Å². The average Bonchev–Trinajstić information content (AvgIpc) is 3.47. The van der Waals surface area contributed by atoms with E-state index in [4.69, 9.17) is 8.83 Å². The summed E-state index contributed by atoms with van der Waals surface area (Å²) < 4.78 is 11.2. The maximum Gasteiger partial charge on any atom is 0.226 e. The largest absolute Gasteiger partial charge is 0.444 e. The highest BCUT2D eigenvalue weighted by molar-refractivity contribution is 5.79. The van der Waals surface area contributed by atoms with Crippen molar-refractivity contribution in [2.75, 3.05) is 13.6 Å². The molecule has 0 atom stereocenters. The first-order valence-electron chi connectivity index (χ1n) is 10.6. The quantitative estimate of drug-likeness (QED) is 0.332. The molecule has 0 radical (unpaired) electrons. The van der Waals surface area contributed by atoms with Crippen LogP contribution in [0, 0.1) is 13.8 Å². The Morgan fingerprint density at radius 2 is 1.31 bits per heavy atom. The minimum absolute atomic E-state index is 0.510. The van der Waals surface area contributed by atoms with Crippen LogP contribution in [0.2, 0.25) is 0 Å². The van der Waals surface area contributed by atoms with Crippen LogP contribution in [0.25, 0.3) is 22.9 Å². The fraction of sp³-hybridized carbons (Fsp3) is 0.240. The summed E-state index contributed by atoms with van der Waals surface area (Å²) >= 11 is 0. The minimum Gasteiger partial charge on any atom is -0.444 e. The van der Waals surface area contributed by atoms with Gasteiger partial charge in [-0.25, -0.2) is 9.97 Å². The monoisotopic (exact) mass is 429 g/mol. The number of nitrogens with one attached hydrogen (secondary N) is 2. The Balaban J connectivity index is 1.25. The lowest BCUT2D eigenvalue weighted by Gasteiger charge is -2.09. The smallest absolute Gasteiger partial charge is 0.226 e. The van der Waals surface area contributed by atoms with Gasteiger partial charge in [0.25, 0.3) is 0 Å². The van der Waals surface area contributed by atoms with E-state index in [2.05, 4.69) is 51.6 Å². The number of nitrogens with zero attached hydrogens (tertiary/aromatic N) is 3. The molecule has 0 aliphatic rings.